The summed E-state index contributed by atoms with van der Waals surface area (Å²) in [4.78, 5) is 18.2. The summed E-state index contributed by atoms with van der Waals surface area (Å²) in [6, 6.07) is 5.73. The van der Waals surface area contributed by atoms with Crippen molar-refractivity contribution in [2.45, 2.75) is 19.8 Å². The molecule has 1 aliphatic rings. The van der Waals surface area contributed by atoms with E-state index >= 15 is 0 Å². The number of anilines is 1. The van der Waals surface area contributed by atoms with Crippen molar-refractivity contribution in [3.8, 4) is 11.3 Å². The van der Waals surface area contributed by atoms with Gasteiger partial charge in [0, 0.05) is 37.1 Å². The lowest BCUT2D eigenvalue weighted by molar-refractivity contribution is -0.130. The van der Waals surface area contributed by atoms with E-state index in [-0.39, 0.29) is 12.5 Å². The summed E-state index contributed by atoms with van der Waals surface area (Å²) >= 11 is 0. The Kier molecular flexibility index (Phi) is 4.37. The standard InChI is InChI=1S/C16H21N5O/c1-12-4-3-7-21(11-12)16(22)10-18-15-8-14(19-20-15)13-5-2-6-17-9-13/h2,5-6,8-9,12H,3-4,7,10-11H2,1H3,(H2,18,19,20). The van der Waals surface area contributed by atoms with Crippen LogP contribution in [0.25, 0.3) is 11.3 Å². The van der Waals surface area contributed by atoms with Gasteiger partial charge in [-0.05, 0) is 30.9 Å². The van der Waals surface area contributed by atoms with Gasteiger partial charge in [0.1, 0.15) is 5.82 Å². The lowest BCUT2D eigenvalue weighted by atomic mass is 10.0. The Labute approximate surface area is 129 Å². The predicted molar refractivity (Wildman–Crippen MR) is 85.3 cm³/mol. The number of hydrogen-bond donors (Lipinski definition) is 2. The van der Waals surface area contributed by atoms with Crippen LogP contribution in [0.1, 0.15) is 19.8 Å². The van der Waals surface area contributed by atoms with E-state index in [9.17, 15) is 4.79 Å². The number of aromatic nitrogens is 3. The molecule has 0 saturated carbocycles. The molecule has 0 spiro atoms. The van der Waals surface area contributed by atoms with Crippen LogP contribution in [0.5, 0.6) is 0 Å². The smallest absolute Gasteiger partial charge is 0.241 e. The maximum Gasteiger partial charge on any atom is 0.241 e. The first-order valence-electron chi connectivity index (χ1n) is 7.70. The zero-order valence-corrected chi connectivity index (χ0v) is 12.7. The first-order valence-corrected chi connectivity index (χ1v) is 7.70. The number of H-pyrrole nitrogens is 1. The zero-order chi connectivity index (χ0) is 15.4. The van der Waals surface area contributed by atoms with E-state index in [2.05, 4.69) is 27.4 Å². The third-order valence-corrected chi connectivity index (χ3v) is 3.98. The van der Waals surface area contributed by atoms with Crippen molar-refractivity contribution in [1.29, 1.82) is 0 Å². The molecule has 1 fully saturated rings. The maximum atomic E-state index is 12.2. The number of aromatic amines is 1. The monoisotopic (exact) mass is 299 g/mol. The Morgan fingerprint density at radius 2 is 2.45 bits per heavy atom. The van der Waals surface area contributed by atoms with Crippen molar-refractivity contribution in [3.05, 3.63) is 30.6 Å². The number of hydrogen-bond acceptors (Lipinski definition) is 4. The molecule has 1 atom stereocenters. The number of carbonyl (C=O) groups is 1. The molecule has 0 aliphatic carbocycles. The van der Waals surface area contributed by atoms with Crippen LogP contribution in [0, 0.1) is 5.92 Å². The zero-order valence-electron chi connectivity index (χ0n) is 12.7. The van der Waals surface area contributed by atoms with Crippen LogP contribution in [-0.2, 0) is 4.79 Å². The topological polar surface area (TPSA) is 73.9 Å². The summed E-state index contributed by atoms with van der Waals surface area (Å²) < 4.78 is 0. The largest absolute Gasteiger partial charge is 0.360 e. The van der Waals surface area contributed by atoms with Gasteiger partial charge in [0.2, 0.25) is 5.91 Å². The number of piperidine rings is 1. The van der Waals surface area contributed by atoms with E-state index in [1.807, 2.05) is 23.1 Å². The molecule has 1 unspecified atom stereocenters. The molecule has 1 amide bonds. The van der Waals surface area contributed by atoms with Crippen LogP contribution >= 0.6 is 0 Å². The number of amides is 1. The third kappa shape index (κ3) is 3.44. The van der Waals surface area contributed by atoms with Gasteiger partial charge in [-0.3, -0.25) is 14.9 Å². The lowest BCUT2D eigenvalue weighted by Crippen LogP contribution is -2.41. The molecule has 2 aromatic heterocycles. The SMILES string of the molecule is CC1CCCN(C(=O)CNc2cc(-c3cccnc3)[nH]n2)C1. The highest BCUT2D eigenvalue weighted by atomic mass is 16.2. The molecule has 2 aromatic rings. The molecule has 2 N–H and O–H groups in total. The number of pyridine rings is 1. The minimum absolute atomic E-state index is 0.137. The van der Waals surface area contributed by atoms with E-state index in [0.717, 1.165) is 30.8 Å². The second kappa shape index (κ2) is 6.60. The molecule has 0 aromatic carbocycles. The van der Waals surface area contributed by atoms with Crippen LogP contribution in [0.4, 0.5) is 5.82 Å². The molecule has 3 rings (SSSR count). The van der Waals surface area contributed by atoms with E-state index in [1.54, 1.807) is 12.4 Å². The summed E-state index contributed by atoms with van der Waals surface area (Å²) in [6.45, 7) is 4.21. The normalized spacial score (nSPS) is 18.2. The average molecular weight is 299 g/mol. The summed E-state index contributed by atoms with van der Waals surface area (Å²) in [6.07, 6.45) is 5.82. The molecule has 22 heavy (non-hydrogen) atoms. The molecule has 1 aliphatic heterocycles. The van der Waals surface area contributed by atoms with Crippen molar-refractivity contribution in [2.24, 2.45) is 5.92 Å². The fourth-order valence-electron chi connectivity index (χ4n) is 2.78. The summed E-state index contributed by atoms with van der Waals surface area (Å²) in [5.41, 5.74) is 1.86. The number of carbonyl (C=O) groups excluding carboxylic acids is 1. The summed E-state index contributed by atoms with van der Waals surface area (Å²) in [5.74, 6) is 1.41. The van der Waals surface area contributed by atoms with E-state index in [4.69, 9.17) is 0 Å². The molecule has 116 valence electrons. The molecule has 1 saturated heterocycles. The lowest BCUT2D eigenvalue weighted by Gasteiger charge is -2.31. The Morgan fingerprint density at radius 3 is 3.23 bits per heavy atom. The van der Waals surface area contributed by atoms with Crippen molar-refractivity contribution in [3.63, 3.8) is 0 Å². The van der Waals surface area contributed by atoms with Gasteiger partial charge < -0.3 is 10.2 Å². The van der Waals surface area contributed by atoms with Crippen LogP contribution in [0.3, 0.4) is 0 Å². The maximum absolute atomic E-state index is 12.2. The predicted octanol–water partition coefficient (Wildman–Crippen LogP) is 2.14. The Balaban J connectivity index is 1.56. The first-order chi connectivity index (χ1) is 10.7. The highest BCUT2D eigenvalue weighted by Crippen LogP contribution is 2.18. The van der Waals surface area contributed by atoms with Crippen LogP contribution in [-0.4, -0.2) is 45.6 Å². The summed E-state index contributed by atoms with van der Waals surface area (Å²) in [5, 5.41) is 10.2. The molecule has 3 heterocycles. The van der Waals surface area contributed by atoms with Crippen molar-refractivity contribution < 1.29 is 4.79 Å². The Hall–Kier alpha value is -2.37. The first kappa shape index (κ1) is 14.6. The van der Waals surface area contributed by atoms with E-state index in [0.29, 0.717) is 11.7 Å². The van der Waals surface area contributed by atoms with E-state index < -0.39 is 0 Å². The Morgan fingerprint density at radius 1 is 1.55 bits per heavy atom. The highest BCUT2D eigenvalue weighted by molar-refractivity contribution is 5.81. The minimum Gasteiger partial charge on any atom is -0.360 e. The number of nitrogens with one attached hydrogen (secondary N) is 2. The second-order valence-corrected chi connectivity index (χ2v) is 5.85. The van der Waals surface area contributed by atoms with Gasteiger partial charge in [-0.15, -0.1) is 0 Å². The average Bonchev–Trinajstić information content (AvgIpc) is 3.02. The molecule has 6 nitrogen and oxygen atoms in total. The fourth-order valence-corrected chi connectivity index (χ4v) is 2.78. The fraction of sp³-hybridized carbons (Fsp3) is 0.438. The van der Waals surface area contributed by atoms with Crippen LogP contribution in [0.2, 0.25) is 0 Å². The van der Waals surface area contributed by atoms with Crippen molar-refractivity contribution >= 4 is 11.7 Å². The minimum atomic E-state index is 0.137. The number of nitrogens with zero attached hydrogens (tertiary/aromatic N) is 3. The molecule has 6 heteroatoms. The van der Waals surface area contributed by atoms with Crippen molar-refractivity contribution in [2.75, 3.05) is 25.0 Å². The van der Waals surface area contributed by atoms with Gasteiger partial charge in [0.25, 0.3) is 0 Å². The molecular formula is C16H21N5O. The van der Waals surface area contributed by atoms with Crippen LogP contribution < -0.4 is 5.32 Å². The quantitative estimate of drug-likeness (QED) is 0.907. The van der Waals surface area contributed by atoms with Crippen molar-refractivity contribution in [1.82, 2.24) is 20.1 Å². The van der Waals surface area contributed by atoms with Gasteiger partial charge in [-0.2, -0.15) is 5.10 Å². The van der Waals surface area contributed by atoms with Gasteiger partial charge in [0.05, 0.1) is 12.2 Å². The van der Waals surface area contributed by atoms with Gasteiger partial charge in [-0.25, -0.2) is 0 Å². The molecule has 0 radical (unpaired) electrons. The highest BCUT2D eigenvalue weighted by Gasteiger charge is 2.20. The van der Waals surface area contributed by atoms with Crippen LogP contribution in [0.15, 0.2) is 30.6 Å². The molecular weight excluding hydrogens is 278 g/mol. The molecule has 0 bridgehead atoms. The summed E-state index contributed by atoms with van der Waals surface area (Å²) in [7, 11) is 0. The Bertz CT molecular complexity index is 624. The number of likely N-dealkylation sites (tertiary alicyclic amines) is 1. The number of rotatable bonds is 4. The third-order valence-electron chi connectivity index (χ3n) is 3.98. The van der Waals surface area contributed by atoms with E-state index in [1.165, 1.54) is 6.42 Å². The van der Waals surface area contributed by atoms with Gasteiger partial charge in [0.15, 0.2) is 0 Å². The van der Waals surface area contributed by atoms with Gasteiger partial charge in [-0.1, -0.05) is 6.92 Å². The second-order valence-electron chi connectivity index (χ2n) is 5.85. The van der Waals surface area contributed by atoms with Gasteiger partial charge >= 0.3 is 0 Å².